The number of halogens is 1. The fraction of sp³-hybridized carbons (Fsp3) is 0.833. The minimum absolute atomic E-state index is 0. The average molecular weight is 492 g/mol. The summed E-state index contributed by atoms with van der Waals surface area (Å²) < 4.78 is 12.4. The maximum Gasteiger partial charge on any atom is 0.191 e. The number of fused-ring (bicyclic) bond motifs is 1. The molecule has 1 saturated carbocycles. The van der Waals surface area contributed by atoms with E-state index in [1.807, 2.05) is 4.68 Å². The molecule has 0 bridgehead atoms. The topological polar surface area (TPSA) is 85.6 Å². The summed E-state index contributed by atoms with van der Waals surface area (Å²) in [4.78, 5) is 9.40. The number of hydrogen-bond donors (Lipinski definition) is 2. The summed E-state index contributed by atoms with van der Waals surface area (Å²) in [5.74, 6) is 2.72. The number of methoxy groups -OCH3 is 2. The van der Waals surface area contributed by atoms with E-state index < -0.39 is 0 Å². The molecule has 0 spiro atoms. The zero-order valence-corrected chi connectivity index (χ0v) is 19.0. The van der Waals surface area contributed by atoms with E-state index in [1.54, 1.807) is 14.2 Å². The number of rotatable bonds is 9. The Morgan fingerprint density at radius 2 is 2.15 bits per heavy atom. The van der Waals surface area contributed by atoms with Crippen LogP contribution in [0, 0.1) is 5.41 Å². The molecule has 0 radical (unpaired) electrons. The number of aryl methyl sites for hydroxylation is 1. The highest BCUT2D eigenvalue weighted by Gasteiger charge is 2.41. The summed E-state index contributed by atoms with van der Waals surface area (Å²) in [6.07, 6.45) is 5.57. The quantitative estimate of drug-likeness (QED) is 0.310. The third kappa shape index (κ3) is 6.28. The van der Waals surface area contributed by atoms with Gasteiger partial charge in [0.05, 0.1) is 6.54 Å². The van der Waals surface area contributed by atoms with Gasteiger partial charge >= 0.3 is 0 Å². The fourth-order valence-electron chi connectivity index (χ4n) is 3.41. The second-order valence-corrected chi connectivity index (χ2v) is 7.38. The van der Waals surface area contributed by atoms with Crippen molar-refractivity contribution < 1.29 is 9.47 Å². The molecule has 0 aromatic carbocycles. The van der Waals surface area contributed by atoms with Gasteiger partial charge in [-0.05, 0) is 38.0 Å². The van der Waals surface area contributed by atoms with Crippen LogP contribution in [0.1, 0.15) is 44.3 Å². The van der Waals surface area contributed by atoms with Gasteiger partial charge in [0.15, 0.2) is 11.8 Å². The second kappa shape index (κ2) is 10.6. The van der Waals surface area contributed by atoms with Gasteiger partial charge in [-0.25, -0.2) is 9.67 Å². The van der Waals surface area contributed by atoms with Crippen LogP contribution in [0.5, 0.6) is 0 Å². The SMILES string of the molecule is CCNC(=NCC1(CCOC)CC1)NC1CCc2nc(COC)nn2C1.I. The lowest BCUT2D eigenvalue weighted by Crippen LogP contribution is -2.47. The predicted octanol–water partition coefficient (Wildman–Crippen LogP) is 1.73. The Bertz CT molecular complexity index is 617. The Balaban J connectivity index is 0.00000261. The molecule has 9 heteroatoms. The van der Waals surface area contributed by atoms with Crippen LogP contribution < -0.4 is 10.6 Å². The van der Waals surface area contributed by atoms with E-state index in [0.29, 0.717) is 18.1 Å². The van der Waals surface area contributed by atoms with Gasteiger partial charge in [0, 0.05) is 46.4 Å². The molecule has 0 saturated heterocycles. The Kier molecular flexibility index (Phi) is 8.74. The molecule has 8 nitrogen and oxygen atoms in total. The Morgan fingerprint density at radius 3 is 2.81 bits per heavy atom. The van der Waals surface area contributed by atoms with Gasteiger partial charge in [-0.1, -0.05) is 0 Å². The van der Waals surface area contributed by atoms with Gasteiger partial charge < -0.3 is 20.1 Å². The Morgan fingerprint density at radius 1 is 1.33 bits per heavy atom. The summed E-state index contributed by atoms with van der Waals surface area (Å²) >= 11 is 0. The Labute approximate surface area is 178 Å². The number of guanidine groups is 1. The first-order chi connectivity index (χ1) is 12.7. The van der Waals surface area contributed by atoms with Crippen molar-refractivity contribution in [2.24, 2.45) is 10.4 Å². The molecule has 1 aliphatic heterocycles. The highest BCUT2D eigenvalue weighted by molar-refractivity contribution is 14.0. The van der Waals surface area contributed by atoms with Crippen LogP contribution in [0.4, 0.5) is 0 Å². The van der Waals surface area contributed by atoms with Crippen molar-refractivity contribution in [2.75, 3.05) is 33.9 Å². The van der Waals surface area contributed by atoms with E-state index in [0.717, 1.165) is 63.1 Å². The number of nitrogens with zero attached hydrogens (tertiary/aromatic N) is 4. The van der Waals surface area contributed by atoms with Crippen molar-refractivity contribution >= 4 is 29.9 Å². The van der Waals surface area contributed by atoms with Crippen LogP contribution in [0.25, 0.3) is 0 Å². The smallest absolute Gasteiger partial charge is 0.191 e. The molecular weight excluding hydrogens is 459 g/mol. The van der Waals surface area contributed by atoms with Gasteiger partial charge in [-0.15, -0.1) is 24.0 Å². The highest BCUT2D eigenvalue weighted by Crippen LogP contribution is 2.48. The van der Waals surface area contributed by atoms with Gasteiger partial charge in [0.1, 0.15) is 12.4 Å². The summed E-state index contributed by atoms with van der Waals surface area (Å²) in [5, 5.41) is 11.5. The lowest BCUT2D eigenvalue weighted by molar-refractivity contribution is 0.174. The van der Waals surface area contributed by atoms with E-state index >= 15 is 0 Å². The predicted molar refractivity (Wildman–Crippen MR) is 116 cm³/mol. The molecule has 2 heterocycles. The van der Waals surface area contributed by atoms with Gasteiger partial charge in [-0.3, -0.25) is 4.99 Å². The molecule has 2 aliphatic rings. The number of aromatic nitrogens is 3. The molecule has 1 aromatic rings. The lowest BCUT2D eigenvalue weighted by atomic mass is 10.0. The normalized spacial score (nSPS) is 20.6. The van der Waals surface area contributed by atoms with Crippen LogP contribution >= 0.6 is 24.0 Å². The first-order valence-corrected chi connectivity index (χ1v) is 9.63. The molecule has 0 amide bonds. The number of ether oxygens (including phenoxy) is 2. The van der Waals surface area contributed by atoms with Crippen molar-refractivity contribution in [3.8, 4) is 0 Å². The first-order valence-electron chi connectivity index (χ1n) is 9.63. The largest absolute Gasteiger partial charge is 0.385 e. The molecule has 154 valence electrons. The maximum atomic E-state index is 5.24. The van der Waals surface area contributed by atoms with E-state index in [2.05, 4.69) is 27.6 Å². The molecule has 1 unspecified atom stereocenters. The molecule has 3 rings (SSSR count). The monoisotopic (exact) mass is 492 g/mol. The van der Waals surface area contributed by atoms with Crippen LogP contribution in [-0.4, -0.2) is 60.7 Å². The molecule has 1 fully saturated rings. The van der Waals surface area contributed by atoms with Gasteiger partial charge in [-0.2, -0.15) is 5.10 Å². The molecule has 1 atom stereocenters. The number of hydrogen-bond acceptors (Lipinski definition) is 5. The highest BCUT2D eigenvalue weighted by atomic mass is 127. The van der Waals surface area contributed by atoms with Crippen LogP contribution in [0.2, 0.25) is 0 Å². The summed E-state index contributed by atoms with van der Waals surface area (Å²) in [5.41, 5.74) is 0.360. The number of nitrogens with one attached hydrogen (secondary N) is 2. The summed E-state index contributed by atoms with van der Waals surface area (Å²) in [6, 6.07) is 0.312. The van der Waals surface area contributed by atoms with Crippen molar-refractivity contribution in [1.82, 2.24) is 25.4 Å². The van der Waals surface area contributed by atoms with Crippen LogP contribution in [-0.2, 0) is 29.0 Å². The lowest BCUT2D eigenvalue weighted by Gasteiger charge is -2.25. The minimum Gasteiger partial charge on any atom is -0.385 e. The average Bonchev–Trinajstić information content (AvgIpc) is 3.30. The zero-order chi connectivity index (χ0) is 18.4. The third-order valence-corrected chi connectivity index (χ3v) is 5.23. The molecule has 1 aromatic heterocycles. The summed E-state index contributed by atoms with van der Waals surface area (Å²) in [7, 11) is 3.44. The van der Waals surface area contributed by atoms with Crippen LogP contribution in [0.3, 0.4) is 0 Å². The second-order valence-electron chi connectivity index (χ2n) is 7.38. The van der Waals surface area contributed by atoms with Crippen molar-refractivity contribution in [1.29, 1.82) is 0 Å². The van der Waals surface area contributed by atoms with Gasteiger partial charge in [0.2, 0.25) is 0 Å². The maximum absolute atomic E-state index is 5.24. The number of aliphatic imine (C=N–C) groups is 1. The fourth-order valence-corrected chi connectivity index (χ4v) is 3.41. The van der Waals surface area contributed by atoms with E-state index in [4.69, 9.17) is 14.5 Å². The minimum atomic E-state index is 0. The van der Waals surface area contributed by atoms with E-state index in [1.165, 1.54) is 12.8 Å². The molecule has 27 heavy (non-hydrogen) atoms. The zero-order valence-electron chi connectivity index (χ0n) is 16.7. The standard InChI is InChI=1S/C18H32N6O2.HI/c1-4-19-17(20-13-18(7-8-18)9-10-25-2)21-14-5-6-16-22-15(12-26-3)23-24(16)11-14;/h14H,4-13H2,1-3H3,(H2,19,20,21);1H. The first kappa shape index (κ1) is 22.4. The van der Waals surface area contributed by atoms with E-state index in [9.17, 15) is 0 Å². The van der Waals surface area contributed by atoms with E-state index in [-0.39, 0.29) is 24.0 Å². The van der Waals surface area contributed by atoms with Crippen molar-refractivity contribution in [3.63, 3.8) is 0 Å². The van der Waals surface area contributed by atoms with Gasteiger partial charge in [0.25, 0.3) is 0 Å². The Hall–Kier alpha value is -0.940. The molecule has 1 aliphatic carbocycles. The van der Waals surface area contributed by atoms with Crippen LogP contribution in [0.15, 0.2) is 4.99 Å². The third-order valence-electron chi connectivity index (χ3n) is 5.23. The van der Waals surface area contributed by atoms with Crippen molar-refractivity contribution in [2.45, 2.75) is 58.2 Å². The molecular formula is C18H33IN6O2. The summed E-state index contributed by atoms with van der Waals surface area (Å²) in [6.45, 7) is 5.92. The van der Waals surface area contributed by atoms with Crippen molar-refractivity contribution in [3.05, 3.63) is 11.6 Å². The molecule has 2 N–H and O–H groups in total.